The predicted octanol–water partition coefficient (Wildman–Crippen LogP) is 4.31. The summed E-state index contributed by atoms with van der Waals surface area (Å²) in [5.41, 5.74) is 3.19. The quantitative estimate of drug-likeness (QED) is 0.769. The topological polar surface area (TPSA) is 26.3 Å². The fourth-order valence-electron chi connectivity index (χ4n) is 2.32. The normalized spacial score (nSPS) is 14.3. The van der Waals surface area contributed by atoms with Crippen LogP contribution >= 0.6 is 11.3 Å². The van der Waals surface area contributed by atoms with E-state index >= 15 is 0 Å². The minimum Gasteiger partial charge on any atom is -0.372 e. The fourth-order valence-corrected chi connectivity index (χ4v) is 3.34. The van der Waals surface area contributed by atoms with Gasteiger partial charge >= 0.3 is 0 Å². The lowest BCUT2D eigenvalue weighted by atomic mass is 9.95. The minimum absolute atomic E-state index is 0.0922. The summed E-state index contributed by atoms with van der Waals surface area (Å²) < 4.78 is 5.40. The number of thiophene rings is 1. The van der Waals surface area contributed by atoms with E-state index in [1.54, 1.807) is 11.3 Å². The molecule has 104 valence electrons. The van der Waals surface area contributed by atoms with Crippen LogP contribution in [0.3, 0.4) is 0 Å². The lowest BCUT2D eigenvalue weighted by Gasteiger charge is -2.15. The summed E-state index contributed by atoms with van der Waals surface area (Å²) in [7, 11) is 0. The van der Waals surface area contributed by atoms with Gasteiger partial charge in [-0.3, -0.25) is 4.79 Å². The Morgan fingerprint density at radius 2 is 1.85 bits per heavy atom. The third kappa shape index (κ3) is 2.43. The molecule has 2 heterocycles. The summed E-state index contributed by atoms with van der Waals surface area (Å²) in [6, 6.07) is 9.90. The number of ether oxygens (including phenoxy) is 1. The highest BCUT2D eigenvalue weighted by Gasteiger charge is 2.20. The summed E-state index contributed by atoms with van der Waals surface area (Å²) in [5, 5.41) is 0. The fraction of sp³-hybridized carbons (Fsp3) is 0.353. The molecule has 20 heavy (non-hydrogen) atoms. The molecule has 1 aromatic carbocycles. The van der Waals surface area contributed by atoms with Gasteiger partial charge in [0, 0.05) is 10.4 Å². The largest absolute Gasteiger partial charge is 0.372 e. The summed E-state index contributed by atoms with van der Waals surface area (Å²) in [4.78, 5) is 14.6. The maximum absolute atomic E-state index is 12.6. The van der Waals surface area contributed by atoms with Crippen LogP contribution in [0.25, 0.3) is 0 Å². The van der Waals surface area contributed by atoms with Crippen molar-refractivity contribution < 1.29 is 9.53 Å². The number of carbonyl (C=O) groups is 1. The van der Waals surface area contributed by atoms with Crippen molar-refractivity contribution in [3.8, 4) is 0 Å². The molecule has 1 aliphatic heterocycles. The van der Waals surface area contributed by atoms with Gasteiger partial charge in [0.25, 0.3) is 0 Å². The van der Waals surface area contributed by atoms with Crippen molar-refractivity contribution >= 4 is 17.1 Å². The number of ketones is 1. The van der Waals surface area contributed by atoms with E-state index in [9.17, 15) is 4.79 Å². The first-order chi connectivity index (χ1) is 9.45. The van der Waals surface area contributed by atoms with E-state index < -0.39 is 0 Å². The predicted molar refractivity (Wildman–Crippen MR) is 81.4 cm³/mol. The summed E-state index contributed by atoms with van der Waals surface area (Å²) in [5.74, 6) is 0.111. The van der Waals surface area contributed by atoms with Crippen LogP contribution in [0.4, 0.5) is 0 Å². The second kappa shape index (κ2) is 4.83. The van der Waals surface area contributed by atoms with Gasteiger partial charge in [-0.25, -0.2) is 0 Å². The van der Waals surface area contributed by atoms with E-state index in [0.29, 0.717) is 13.2 Å². The monoisotopic (exact) mass is 286 g/mol. The highest BCUT2D eigenvalue weighted by atomic mass is 32.1. The second-order valence-corrected chi connectivity index (χ2v) is 7.30. The molecule has 0 spiro atoms. The highest BCUT2D eigenvalue weighted by Crippen LogP contribution is 2.31. The third-order valence-corrected chi connectivity index (χ3v) is 5.06. The van der Waals surface area contributed by atoms with Gasteiger partial charge in [-0.1, -0.05) is 32.9 Å². The van der Waals surface area contributed by atoms with Crippen molar-refractivity contribution in [3.63, 3.8) is 0 Å². The summed E-state index contributed by atoms with van der Waals surface area (Å²) in [6.07, 6.45) is 0. The first-order valence-corrected chi connectivity index (χ1v) is 7.61. The molecule has 0 atom stereocenters. The Morgan fingerprint density at radius 3 is 2.55 bits per heavy atom. The summed E-state index contributed by atoms with van der Waals surface area (Å²) in [6.45, 7) is 7.78. The molecule has 2 aromatic rings. The zero-order valence-electron chi connectivity index (χ0n) is 12.0. The lowest BCUT2D eigenvalue weighted by molar-refractivity contribution is 0.104. The van der Waals surface area contributed by atoms with Gasteiger partial charge in [0.15, 0.2) is 0 Å². The Bertz CT molecular complexity index is 662. The van der Waals surface area contributed by atoms with Crippen LogP contribution in [0.5, 0.6) is 0 Å². The Balaban J connectivity index is 1.91. The van der Waals surface area contributed by atoms with Crippen molar-refractivity contribution in [2.45, 2.75) is 39.4 Å². The first kappa shape index (κ1) is 13.5. The molecule has 0 aliphatic carbocycles. The smallest absolute Gasteiger partial charge is 0.202 e. The maximum atomic E-state index is 12.6. The van der Waals surface area contributed by atoms with Gasteiger partial charge in [-0.2, -0.15) is 0 Å². The van der Waals surface area contributed by atoms with Crippen molar-refractivity contribution in [2.24, 2.45) is 0 Å². The molecule has 0 saturated heterocycles. The molecule has 0 N–H and O–H groups in total. The Hall–Kier alpha value is -1.45. The van der Waals surface area contributed by atoms with Crippen molar-refractivity contribution in [1.82, 2.24) is 0 Å². The second-order valence-electron chi connectivity index (χ2n) is 6.22. The molecule has 0 radical (unpaired) electrons. The molecule has 3 heteroatoms. The Labute approximate surface area is 123 Å². The molecule has 0 amide bonds. The van der Waals surface area contributed by atoms with Crippen LogP contribution in [0.1, 0.15) is 52.0 Å². The van der Waals surface area contributed by atoms with Crippen molar-refractivity contribution in [3.05, 3.63) is 56.8 Å². The molecular weight excluding hydrogens is 268 g/mol. The molecule has 0 fully saturated rings. The molecule has 1 aromatic heterocycles. The molecule has 0 saturated carbocycles. The van der Waals surface area contributed by atoms with Crippen LogP contribution in [0, 0.1) is 0 Å². The lowest BCUT2D eigenvalue weighted by Crippen LogP contribution is -2.08. The molecular formula is C17H18O2S. The maximum Gasteiger partial charge on any atom is 0.202 e. The summed E-state index contributed by atoms with van der Waals surface area (Å²) >= 11 is 1.60. The third-order valence-electron chi connectivity index (χ3n) is 3.55. The first-order valence-electron chi connectivity index (χ1n) is 6.80. The van der Waals surface area contributed by atoms with Gasteiger partial charge in [-0.05, 0) is 34.7 Å². The number of hydrogen-bond acceptors (Lipinski definition) is 3. The number of carbonyl (C=O) groups excluding carboxylic acids is 1. The Morgan fingerprint density at radius 1 is 1.10 bits per heavy atom. The number of hydrogen-bond donors (Lipinski definition) is 0. The van der Waals surface area contributed by atoms with E-state index in [1.807, 2.05) is 24.3 Å². The number of rotatable bonds is 2. The number of fused-ring (bicyclic) bond motifs is 1. The molecule has 0 bridgehead atoms. The van der Waals surface area contributed by atoms with Gasteiger partial charge in [0.1, 0.15) is 0 Å². The minimum atomic E-state index is 0.0922. The van der Waals surface area contributed by atoms with E-state index in [0.717, 1.165) is 16.0 Å². The van der Waals surface area contributed by atoms with E-state index in [1.165, 1.54) is 10.4 Å². The highest BCUT2D eigenvalue weighted by molar-refractivity contribution is 7.14. The van der Waals surface area contributed by atoms with Crippen molar-refractivity contribution in [1.29, 1.82) is 0 Å². The van der Waals surface area contributed by atoms with Crippen LogP contribution in [0.15, 0.2) is 30.3 Å². The van der Waals surface area contributed by atoms with Gasteiger partial charge < -0.3 is 4.74 Å². The van der Waals surface area contributed by atoms with Gasteiger partial charge in [0.2, 0.25) is 5.78 Å². The van der Waals surface area contributed by atoms with Crippen LogP contribution in [-0.2, 0) is 23.4 Å². The molecule has 1 aliphatic rings. The van der Waals surface area contributed by atoms with E-state index in [4.69, 9.17) is 4.74 Å². The average Bonchev–Trinajstić information content (AvgIpc) is 3.05. The van der Waals surface area contributed by atoms with E-state index in [2.05, 4.69) is 26.8 Å². The van der Waals surface area contributed by atoms with Crippen LogP contribution in [0.2, 0.25) is 0 Å². The van der Waals surface area contributed by atoms with E-state index in [-0.39, 0.29) is 11.2 Å². The van der Waals surface area contributed by atoms with Crippen molar-refractivity contribution in [2.75, 3.05) is 0 Å². The van der Waals surface area contributed by atoms with Crippen LogP contribution < -0.4 is 0 Å². The van der Waals surface area contributed by atoms with Gasteiger partial charge in [-0.15, -0.1) is 11.3 Å². The van der Waals surface area contributed by atoms with Gasteiger partial charge in [0.05, 0.1) is 18.1 Å². The number of benzene rings is 1. The average molecular weight is 286 g/mol. The SMILES string of the molecule is CC(C)(C)c1ccc(C(=O)c2ccc3c(c2)COC3)s1. The standard InChI is InChI=1S/C17H18O2S/c1-17(2,3)15-7-6-14(20-15)16(18)11-4-5-12-9-19-10-13(12)8-11/h4-8H,9-10H2,1-3H3. The zero-order valence-corrected chi connectivity index (χ0v) is 12.8. The molecule has 0 unspecified atom stereocenters. The Kier molecular flexibility index (Phi) is 3.27. The molecule has 3 rings (SSSR count). The molecule has 2 nitrogen and oxygen atoms in total. The zero-order chi connectivity index (χ0) is 14.3. The van der Waals surface area contributed by atoms with Crippen LogP contribution in [-0.4, -0.2) is 5.78 Å².